The van der Waals surface area contributed by atoms with Crippen LogP contribution >= 0.6 is 34.5 Å². The fourth-order valence-electron chi connectivity index (χ4n) is 3.64. The number of hydrogen-bond acceptors (Lipinski definition) is 7. The van der Waals surface area contributed by atoms with Gasteiger partial charge in [-0.15, -0.1) is 11.3 Å². The molecule has 12 heteroatoms. The number of aromatic nitrogens is 4. The van der Waals surface area contributed by atoms with E-state index in [0.29, 0.717) is 30.8 Å². The zero-order valence-corrected chi connectivity index (χ0v) is 19.7. The summed E-state index contributed by atoms with van der Waals surface area (Å²) in [4.78, 5) is 44.3. The molecule has 0 bridgehead atoms. The molecular formula is C22H15Cl2N5O4S. The van der Waals surface area contributed by atoms with Crippen molar-refractivity contribution in [2.45, 2.75) is 13.0 Å². The Morgan fingerprint density at radius 2 is 1.91 bits per heavy atom. The second-order valence-corrected chi connectivity index (χ2v) is 9.21. The summed E-state index contributed by atoms with van der Waals surface area (Å²) in [6.45, 7) is 1.06. The molecule has 34 heavy (non-hydrogen) atoms. The summed E-state index contributed by atoms with van der Waals surface area (Å²) in [7, 11) is 0. The maximum Gasteiger partial charge on any atom is 0.349 e. The standard InChI is InChI=1S/C22H15Cl2N5O4S/c23-16-8-13(29-22(32)27-18(30)10-26-29)9-17(24)20(16)33-14-1-2-15-12(7-14)3-5-28(21(15)31)11-19-25-4-6-34-19/h1-2,4,6-10H,3,5,11H2,(H,27,30,32). The lowest BCUT2D eigenvalue weighted by molar-refractivity contribution is 0.0727. The third-order valence-corrected chi connectivity index (χ3v) is 6.54. The molecule has 0 spiro atoms. The summed E-state index contributed by atoms with van der Waals surface area (Å²) < 4.78 is 6.89. The lowest BCUT2D eigenvalue weighted by Gasteiger charge is -2.28. The van der Waals surface area contributed by atoms with E-state index in [0.717, 1.165) is 21.4 Å². The molecule has 1 amide bonds. The Labute approximate surface area is 206 Å². The number of amides is 1. The van der Waals surface area contributed by atoms with E-state index in [9.17, 15) is 14.4 Å². The SMILES string of the molecule is O=C1c2ccc(Oc3c(Cl)cc(-n4ncc(=O)[nH]c4=O)cc3Cl)cc2CCN1Cc1nccs1. The van der Waals surface area contributed by atoms with Gasteiger partial charge in [-0.05, 0) is 42.3 Å². The number of ether oxygens (including phenoxy) is 1. The third kappa shape index (κ3) is 4.35. The minimum absolute atomic E-state index is 0.0535. The maximum absolute atomic E-state index is 12.9. The molecule has 0 fully saturated rings. The fraction of sp³-hybridized carbons (Fsp3) is 0.136. The highest BCUT2D eigenvalue weighted by atomic mass is 35.5. The monoisotopic (exact) mass is 515 g/mol. The van der Waals surface area contributed by atoms with Crippen LogP contribution in [-0.4, -0.2) is 37.1 Å². The second kappa shape index (κ2) is 9.05. The number of nitrogens with zero attached hydrogens (tertiary/aromatic N) is 4. The average Bonchev–Trinajstić information content (AvgIpc) is 3.31. The molecule has 1 N–H and O–H groups in total. The molecule has 0 atom stereocenters. The van der Waals surface area contributed by atoms with E-state index in [1.807, 2.05) is 5.38 Å². The van der Waals surface area contributed by atoms with Crippen LogP contribution in [0.4, 0.5) is 0 Å². The van der Waals surface area contributed by atoms with Crippen molar-refractivity contribution in [2.75, 3.05) is 6.54 Å². The molecule has 9 nitrogen and oxygen atoms in total. The van der Waals surface area contributed by atoms with Gasteiger partial charge in [0.15, 0.2) is 5.75 Å². The van der Waals surface area contributed by atoms with Gasteiger partial charge in [0.1, 0.15) is 17.0 Å². The molecule has 1 aliphatic heterocycles. The quantitative estimate of drug-likeness (QED) is 0.434. The van der Waals surface area contributed by atoms with Gasteiger partial charge in [0.2, 0.25) is 0 Å². The molecule has 0 unspecified atom stereocenters. The van der Waals surface area contributed by atoms with Crippen LogP contribution in [0.25, 0.3) is 5.69 Å². The Hall–Kier alpha value is -3.47. The summed E-state index contributed by atoms with van der Waals surface area (Å²) in [5, 5.41) is 6.86. The Morgan fingerprint density at radius 1 is 1.12 bits per heavy atom. The zero-order valence-electron chi connectivity index (χ0n) is 17.3. The molecule has 2 aromatic heterocycles. The maximum atomic E-state index is 12.9. The second-order valence-electron chi connectivity index (χ2n) is 7.41. The average molecular weight is 516 g/mol. The number of H-pyrrole nitrogens is 1. The molecule has 0 radical (unpaired) electrons. The molecule has 4 aromatic rings. The van der Waals surface area contributed by atoms with Crippen LogP contribution in [0.3, 0.4) is 0 Å². The highest BCUT2D eigenvalue weighted by Crippen LogP contribution is 2.38. The van der Waals surface area contributed by atoms with Crippen LogP contribution in [0.15, 0.2) is 57.7 Å². The first kappa shape index (κ1) is 22.3. The van der Waals surface area contributed by atoms with E-state index in [1.165, 1.54) is 23.5 Å². The van der Waals surface area contributed by atoms with Crippen molar-refractivity contribution in [3.8, 4) is 17.2 Å². The van der Waals surface area contributed by atoms with Crippen molar-refractivity contribution < 1.29 is 9.53 Å². The number of aromatic amines is 1. The van der Waals surface area contributed by atoms with Crippen molar-refractivity contribution in [3.63, 3.8) is 0 Å². The third-order valence-electron chi connectivity index (χ3n) is 5.22. The first-order chi connectivity index (χ1) is 16.4. The van der Waals surface area contributed by atoms with E-state index < -0.39 is 11.2 Å². The van der Waals surface area contributed by atoms with Gasteiger partial charge in [-0.3, -0.25) is 14.6 Å². The van der Waals surface area contributed by atoms with Crippen molar-refractivity contribution in [3.05, 3.63) is 95.1 Å². The number of halogens is 2. The number of thiazole rings is 1. The van der Waals surface area contributed by atoms with Gasteiger partial charge in [-0.1, -0.05) is 23.2 Å². The predicted molar refractivity (Wildman–Crippen MR) is 128 cm³/mol. The van der Waals surface area contributed by atoms with Crippen LogP contribution in [0, 0.1) is 0 Å². The van der Waals surface area contributed by atoms with E-state index in [2.05, 4.69) is 15.1 Å². The van der Waals surface area contributed by atoms with Gasteiger partial charge >= 0.3 is 5.69 Å². The van der Waals surface area contributed by atoms with Gasteiger partial charge in [0, 0.05) is 23.7 Å². The number of fused-ring (bicyclic) bond motifs is 1. The number of rotatable bonds is 5. The molecule has 1 aliphatic rings. The van der Waals surface area contributed by atoms with Gasteiger partial charge in [0.25, 0.3) is 11.5 Å². The Morgan fingerprint density at radius 3 is 2.62 bits per heavy atom. The highest BCUT2D eigenvalue weighted by Gasteiger charge is 2.25. The molecule has 2 aromatic carbocycles. The van der Waals surface area contributed by atoms with Gasteiger partial charge < -0.3 is 9.64 Å². The Kier molecular flexibility index (Phi) is 5.94. The summed E-state index contributed by atoms with van der Waals surface area (Å²) in [6.07, 6.45) is 3.37. The summed E-state index contributed by atoms with van der Waals surface area (Å²) in [5.74, 6) is 0.607. The lowest BCUT2D eigenvalue weighted by atomic mass is 9.98. The largest absolute Gasteiger partial charge is 0.454 e. The molecule has 0 saturated heterocycles. The topological polar surface area (TPSA) is 110 Å². The van der Waals surface area contributed by atoms with Gasteiger partial charge in [-0.2, -0.15) is 9.78 Å². The Bertz CT molecular complexity index is 1490. The fourth-order valence-corrected chi connectivity index (χ4v) is 4.83. The molecule has 5 rings (SSSR count). The van der Waals surface area contributed by atoms with Crippen molar-refractivity contribution >= 4 is 40.4 Å². The molecule has 172 valence electrons. The van der Waals surface area contributed by atoms with E-state index in [4.69, 9.17) is 27.9 Å². The Balaban J connectivity index is 1.39. The van der Waals surface area contributed by atoms with Crippen LogP contribution in [0.5, 0.6) is 11.5 Å². The first-order valence-electron chi connectivity index (χ1n) is 10.1. The van der Waals surface area contributed by atoms with Crippen molar-refractivity contribution in [1.29, 1.82) is 0 Å². The molecular weight excluding hydrogens is 501 g/mol. The molecule has 3 heterocycles. The number of nitrogens with one attached hydrogen (secondary N) is 1. The summed E-state index contributed by atoms with van der Waals surface area (Å²) in [6, 6.07) is 8.10. The number of benzene rings is 2. The van der Waals surface area contributed by atoms with Crippen LogP contribution in [0.2, 0.25) is 10.0 Å². The highest BCUT2D eigenvalue weighted by molar-refractivity contribution is 7.09. The molecule has 0 saturated carbocycles. The molecule has 0 aliphatic carbocycles. The van der Waals surface area contributed by atoms with E-state index in [1.54, 1.807) is 29.3 Å². The minimum atomic E-state index is -0.725. The zero-order chi connectivity index (χ0) is 23.8. The normalized spacial score (nSPS) is 13.1. The predicted octanol–water partition coefficient (Wildman–Crippen LogP) is 3.67. The van der Waals surface area contributed by atoms with Crippen LogP contribution in [0.1, 0.15) is 20.9 Å². The van der Waals surface area contributed by atoms with Crippen molar-refractivity contribution in [1.82, 2.24) is 24.6 Å². The number of carbonyl (C=O) groups is 1. The van der Waals surface area contributed by atoms with Gasteiger partial charge in [0.05, 0.1) is 22.3 Å². The van der Waals surface area contributed by atoms with Gasteiger partial charge in [-0.25, -0.2) is 9.78 Å². The lowest BCUT2D eigenvalue weighted by Crippen LogP contribution is -2.36. The first-order valence-corrected chi connectivity index (χ1v) is 11.7. The smallest absolute Gasteiger partial charge is 0.349 e. The van der Waals surface area contributed by atoms with Crippen molar-refractivity contribution in [2.24, 2.45) is 0 Å². The van der Waals surface area contributed by atoms with Crippen LogP contribution in [-0.2, 0) is 13.0 Å². The number of carbonyl (C=O) groups excluding carboxylic acids is 1. The summed E-state index contributed by atoms with van der Waals surface area (Å²) in [5.41, 5.74) is 0.407. The summed E-state index contributed by atoms with van der Waals surface area (Å²) >= 11 is 14.3. The van der Waals surface area contributed by atoms with E-state index >= 15 is 0 Å². The number of hydrogen-bond donors (Lipinski definition) is 1. The minimum Gasteiger partial charge on any atom is -0.454 e. The van der Waals surface area contributed by atoms with E-state index in [-0.39, 0.29) is 27.4 Å². The van der Waals surface area contributed by atoms with Crippen LogP contribution < -0.4 is 16.0 Å².